The number of hydrogen-bond acceptors (Lipinski definition) is 1. The molecular formula is C17H18O. The molecule has 0 aromatic heterocycles. The molecule has 2 aromatic carbocycles. The summed E-state index contributed by atoms with van der Waals surface area (Å²) in [5.74, 6) is 0.563. The van der Waals surface area contributed by atoms with Crippen LogP contribution in [0.5, 0.6) is 0 Å². The average Bonchev–Trinajstić information content (AvgIpc) is 2.44. The smallest absolute Gasteiger partial charge is 0.0793 e. The third-order valence-corrected chi connectivity index (χ3v) is 3.96. The minimum Gasteiger partial charge on any atom is -0.388 e. The van der Waals surface area contributed by atoms with Crippen LogP contribution in [0.3, 0.4) is 0 Å². The first-order valence-electron chi connectivity index (χ1n) is 6.63. The molecule has 1 heteroatoms. The van der Waals surface area contributed by atoms with Crippen molar-refractivity contribution < 1.29 is 5.11 Å². The van der Waals surface area contributed by atoms with Crippen LogP contribution in [0, 0.1) is 0 Å². The van der Waals surface area contributed by atoms with Crippen molar-refractivity contribution in [2.24, 2.45) is 0 Å². The SMILES string of the molecule is CC1CCC(O)c2cc(-c3ccccc3)ccc21. The van der Waals surface area contributed by atoms with Gasteiger partial charge in [0.25, 0.3) is 0 Å². The summed E-state index contributed by atoms with van der Waals surface area (Å²) >= 11 is 0. The summed E-state index contributed by atoms with van der Waals surface area (Å²) in [6.07, 6.45) is 1.67. The van der Waals surface area contributed by atoms with E-state index in [2.05, 4.69) is 37.3 Å². The molecule has 0 aliphatic heterocycles. The van der Waals surface area contributed by atoms with Crippen LogP contribution in [0.25, 0.3) is 11.1 Å². The van der Waals surface area contributed by atoms with Crippen LogP contribution in [-0.2, 0) is 0 Å². The van der Waals surface area contributed by atoms with Crippen LogP contribution in [0.15, 0.2) is 48.5 Å². The molecule has 2 atom stereocenters. The van der Waals surface area contributed by atoms with Gasteiger partial charge in [-0.15, -0.1) is 0 Å². The van der Waals surface area contributed by atoms with Gasteiger partial charge in [-0.3, -0.25) is 0 Å². The molecule has 2 unspecified atom stereocenters. The molecule has 18 heavy (non-hydrogen) atoms. The van der Waals surface area contributed by atoms with Gasteiger partial charge in [0.05, 0.1) is 6.10 Å². The van der Waals surface area contributed by atoms with Crippen molar-refractivity contribution in [2.45, 2.75) is 31.8 Å². The molecule has 0 radical (unpaired) electrons. The molecule has 1 aliphatic rings. The van der Waals surface area contributed by atoms with Crippen molar-refractivity contribution in [1.29, 1.82) is 0 Å². The second-order valence-corrected chi connectivity index (χ2v) is 5.20. The molecule has 0 spiro atoms. The zero-order valence-corrected chi connectivity index (χ0v) is 10.6. The van der Waals surface area contributed by atoms with E-state index < -0.39 is 0 Å². The molecule has 0 amide bonds. The van der Waals surface area contributed by atoms with Gasteiger partial charge in [-0.05, 0) is 47.1 Å². The number of benzene rings is 2. The highest BCUT2D eigenvalue weighted by atomic mass is 16.3. The third kappa shape index (κ3) is 1.95. The Balaban J connectivity index is 2.08. The van der Waals surface area contributed by atoms with Crippen LogP contribution >= 0.6 is 0 Å². The summed E-state index contributed by atoms with van der Waals surface area (Å²) in [5.41, 5.74) is 4.84. The van der Waals surface area contributed by atoms with Crippen molar-refractivity contribution in [1.82, 2.24) is 0 Å². The molecule has 0 heterocycles. The second-order valence-electron chi connectivity index (χ2n) is 5.20. The van der Waals surface area contributed by atoms with Gasteiger partial charge in [0, 0.05) is 0 Å². The Morgan fingerprint density at radius 3 is 2.44 bits per heavy atom. The zero-order valence-electron chi connectivity index (χ0n) is 10.6. The maximum atomic E-state index is 10.2. The van der Waals surface area contributed by atoms with Gasteiger partial charge >= 0.3 is 0 Å². The van der Waals surface area contributed by atoms with Crippen LogP contribution in [0.4, 0.5) is 0 Å². The Kier molecular flexibility index (Phi) is 2.92. The highest BCUT2D eigenvalue weighted by Crippen LogP contribution is 2.38. The van der Waals surface area contributed by atoms with Crippen LogP contribution < -0.4 is 0 Å². The molecule has 0 fully saturated rings. The van der Waals surface area contributed by atoms with Crippen molar-refractivity contribution in [3.63, 3.8) is 0 Å². The van der Waals surface area contributed by atoms with E-state index in [0.29, 0.717) is 5.92 Å². The minimum absolute atomic E-state index is 0.292. The predicted molar refractivity (Wildman–Crippen MR) is 74.5 cm³/mol. The first-order chi connectivity index (χ1) is 8.75. The Labute approximate surface area is 108 Å². The topological polar surface area (TPSA) is 20.2 Å². The van der Waals surface area contributed by atoms with Gasteiger partial charge in [-0.2, -0.15) is 0 Å². The maximum Gasteiger partial charge on any atom is 0.0793 e. The highest BCUT2D eigenvalue weighted by Gasteiger charge is 2.23. The number of hydrogen-bond donors (Lipinski definition) is 1. The van der Waals surface area contributed by atoms with Gasteiger partial charge in [0.1, 0.15) is 0 Å². The molecule has 2 aromatic rings. The van der Waals surface area contributed by atoms with Crippen LogP contribution in [-0.4, -0.2) is 5.11 Å². The predicted octanol–water partition coefficient (Wildman–Crippen LogP) is 4.28. The molecule has 0 saturated heterocycles. The van der Waals surface area contributed by atoms with E-state index in [1.54, 1.807) is 0 Å². The molecular weight excluding hydrogens is 220 g/mol. The average molecular weight is 238 g/mol. The molecule has 0 saturated carbocycles. The summed E-state index contributed by atoms with van der Waals surface area (Å²) in [5, 5.41) is 10.2. The van der Waals surface area contributed by atoms with Crippen molar-refractivity contribution in [2.75, 3.05) is 0 Å². The van der Waals surface area contributed by atoms with Gasteiger partial charge in [0.2, 0.25) is 0 Å². The van der Waals surface area contributed by atoms with Gasteiger partial charge in [-0.1, -0.05) is 49.4 Å². The maximum absolute atomic E-state index is 10.2. The van der Waals surface area contributed by atoms with Crippen molar-refractivity contribution in [3.8, 4) is 11.1 Å². The lowest BCUT2D eigenvalue weighted by Crippen LogP contribution is -2.12. The third-order valence-electron chi connectivity index (χ3n) is 3.96. The molecule has 1 nitrogen and oxygen atoms in total. The molecule has 3 rings (SSSR count). The van der Waals surface area contributed by atoms with Gasteiger partial charge < -0.3 is 5.11 Å². The van der Waals surface area contributed by atoms with E-state index in [4.69, 9.17) is 0 Å². The van der Waals surface area contributed by atoms with E-state index in [0.717, 1.165) is 18.4 Å². The first kappa shape index (κ1) is 11.5. The number of aliphatic hydroxyl groups is 1. The quantitative estimate of drug-likeness (QED) is 0.786. The van der Waals surface area contributed by atoms with E-state index >= 15 is 0 Å². The summed E-state index contributed by atoms with van der Waals surface area (Å²) in [4.78, 5) is 0. The van der Waals surface area contributed by atoms with Crippen LogP contribution in [0.1, 0.15) is 42.9 Å². The van der Waals surface area contributed by atoms with E-state index in [1.165, 1.54) is 16.7 Å². The van der Waals surface area contributed by atoms with E-state index in [1.807, 2.05) is 18.2 Å². The summed E-state index contributed by atoms with van der Waals surface area (Å²) in [6, 6.07) is 16.9. The Hall–Kier alpha value is -1.60. The molecule has 0 bridgehead atoms. The summed E-state index contributed by atoms with van der Waals surface area (Å²) < 4.78 is 0. The van der Waals surface area contributed by atoms with Gasteiger partial charge in [0.15, 0.2) is 0 Å². The van der Waals surface area contributed by atoms with Gasteiger partial charge in [-0.25, -0.2) is 0 Å². The Bertz CT molecular complexity index is 545. The lowest BCUT2D eigenvalue weighted by molar-refractivity contribution is 0.152. The number of rotatable bonds is 1. The lowest BCUT2D eigenvalue weighted by atomic mass is 9.81. The van der Waals surface area contributed by atoms with Crippen molar-refractivity contribution >= 4 is 0 Å². The van der Waals surface area contributed by atoms with Crippen molar-refractivity contribution in [3.05, 3.63) is 59.7 Å². The van der Waals surface area contributed by atoms with E-state index in [9.17, 15) is 5.11 Å². The number of fused-ring (bicyclic) bond motifs is 1. The molecule has 1 N–H and O–H groups in total. The normalized spacial score (nSPS) is 22.6. The minimum atomic E-state index is -0.292. The zero-order chi connectivity index (χ0) is 12.5. The first-order valence-corrected chi connectivity index (χ1v) is 6.63. The second kappa shape index (κ2) is 4.58. The fraction of sp³-hybridized carbons (Fsp3) is 0.294. The fourth-order valence-corrected chi connectivity index (χ4v) is 2.84. The van der Waals surface area contributed by atoms with Crippen LogP contribution in [0.2, 0.25) is 0 Å². The summed E-state index contributed by atoms with van der Waals surface area (Å²) in [6.45, 7) is 2.24. The molecule has 92 valence electrons. The number of aliphatic hydroxyl groups excluding tert-OH is 1. The standard InChI is InChI=1S/C17H18O/c1-12-7-10-17(18)16-11-14(8-9-15(12)16)13-5-3-2-4-6-13/h2-6,8-9,11-12,17-18H,7,10H2,1H3. The Morgan fingerprint density at radius 2 is 1.67 bits per heavy atom. The summed E-state index contributed by atoms with van der Waals surface area (Å²) in [7, 11) is 0. The van der Waals surface area contributed by atoms with E-state index in [-0.39, 0.29) is 6.10 Å². The largest absolute Gasteiger partial charge is 0.388 e. The Morgan fingerprint density at radius 1 is 0.889 bits per heavy atom. The fourth-order valence-electron chi connectivity index (χ4n) is 2.84. The highest BCUT2D eigenvalue weighted by molar-refractivity contribution is 5.65. The lowest BCUT2D eigenvalue weighted by Gasteiger charge is -2.27. The monoisotopic (exact) mass is 238 g/mol. The molecule has 1 aliphatic carbocycles.